The molecular formula is C17H18ClF3N2O3. The molecule has 0 aliphatic heterocycles. The molecule has 2 rings (SSSR count). The van der Waals surface area contributed by atoms with Crippen molar-refractivity contribution in [3.05, 3.63) is 40.4 Å². The fourth-order valence-electron chi connectivity index (χ4n) is 2.57. The van der Waals surface area contributed by atoms with Crippen LogP contribution in [0.25, 0.3) is 5.69 Å². The highest BCUT2D eigenvalue weighted by Crippen LogP contribution is 2.33. The molecule has 142 valence electrons. The second-order valence-electron chi connectivity index (χ2n) is 5.81. The number of carboxylic acid groups (broad SMARTS) is 1. The molecular weight excluding hydrogens is 373 g/mol. The lowest BCUT2D eigenvalue weighted by molar-refractivity contribution is -0.169. The number of methoxy groups -OCH3 is 1. The number of nitrogens with zero attached hydrogens (tertiary/aromatic N) is 2. The monoisotopic (exact) mass is 390 g/mol. The van der Waals surface area contributed by atoms with Crippen molar-refractivity contribution in [1.82, 2.24) is 9.55 Å². The number of carboxylic acids is 1. The van der Waals surface area contributed by atoms with Crippen LogP contribution in [0.5, 0.6) is 5.75 Å². The topological polar surface area (TPSA) is 64.3 Å². The molecule has 5 nitrogen and oxygen atoms in total. The Bertz CT molecular complexity index is 818. The molecule has 9 heteroatoms. The zero-order valence-corrected chi connectivity index (χ0v) is 15.1. The molecule has 0 amide bonds. The fourth-order valence-corrected chi connectivity index (χ4v) is 2.88. The molecule has 0 bridgehead atoms. The van der Waals surface area contributed by atoms with E-state index in [1.165, 1.54) is 23.8 Å². The Labute approximate surface area is 153 Å². The Morgan fingerprint density at radius 1 is 1.42 bits per heavy atom. The van der Waals surface area contributed by atoms with Gasteiger partial charge < -0.3 is 9.84 Å². The van der Waals surface area contributed by atoms with Gasteiger partial charge in [-0.25, -0.2) is 9.78 Å². The summed E-state index contributed by atoms with van der Waals surface area (Å²) in [5.74, 6) is -2.08. The van der Waals surface area contributed by atoms with Crippen LogP contribution in [-0.4, -0.2) is 33.9 Å². The van der Waals surface area contributed by atoms with Crippen LogP contribution in [0.4, 0.5) is 13.2 Å². The summed E-state index contributed by atoms with van der Waals surface area (Å²) in [6.45, 7) is 2.90. The fraction of sp³-hybridized carbons (Fsp3) is 0.412. The zero-order chi connectivity index (χ0) is 19.6. The lowest BCUT2D eigenvalue weighted by Gasteiger charge is -2.18. The molecule has 1 aromatic heterocycles. The average Bonchev–Trinajstić information content (AvgIpc) is 2.90. The molecule has 0 aliphatic carbocycles. The van der Waals surface area contributed by atoms with Crippen LogP contribution in [0.2, 0.25) is 5.15 Å². The summed E-state index contributed by atoms with van der Waals surface area (Å²) < 4.78 is 45.1. The number of aryl methyl sites for hydroxylation is 1. The molecule has 0 spiro atoms. The number of carbonyl (C=O) groups is 1. The van der Waals surface area contributed by atoms with Crippen molar-refractivity contribution in [2.24, 2.45) is 5.92 Å². The number of hydrogen-bond acceptors (Lipinski definition) is 3. The molecule has 1 heterocycles. The third kappa shape index (κ3) is 3.95. The van der Waals surface area contributed by atoms with Gasteiger partial charge in [0.25, 0.3) is 0 Å². The molecule has 1 N–H and O–H groups in total. The Morgan fingerprint density at radius 3 is 2.58 bits per heavy atom. The van der Waals surface area contributed by atoms with E-state index in [0.29, 0.717) is 23.5 Å². The summed E-state index contributed by atoms with van der Waals surface area (Å²) in [4.78, 5) is 15.3. The maximum absolute atomic E-state index is 12.8. The van der Waals surface area contributed by atoms with E-state index in [4.69, 9.17) is 16.3 Å². The maximum atomic E-state index is 12.8. The van der Waals surface area contributed by atoms with Crippen LogP contribution in [0.1, 0.15) is 35.7 Å². The molecule has 2 aromatic rings. The lowest BCUT2D eigenvalue weighted by atomic mass is 10.00. The minimum absolute atomic E-state index is 0.0935. The van der Waals surface area contributed by atoms with E-state index >= 15 is 0 Å². The molecule has 0 saturated heterocycles. The quantitative estimate of drug-likeness (QED) is 0.786. The number of aromatic nitrogens is 2. The van der Waals surface area contributed by atoms with Gasteiger partial charge in [0.15, 0.2) is 5.69 Å². The highest BCUT2D eigenvalue weighted by molar-refractivity contribution is 6.32. The Morgan fingerprint density at radius 2 is 2.08 bits per heavy atom. The van der Waals surface area contributed by atoms with Gasteiger partial charge in [0.1, 0.15) is 16.7 Å². The van der Waals surface area contributed by atoms with Crippen molar-refractivity contribution >= 4 is 17.6 Å². The smallest absolute Gasteiger partial charge is 0.391 e. The first-order valence-electron chi connectivity index (χ1n) is 7.84. The second kappa shape index (κ2) is 7.57. The van der Waals surface area contributed by atoms with Crippen LogP contribution in [0, 0.1) is 5.92 Å². The van der Waals surface area contributed by atoms with Crippen LogP contribution < -0.4 is 4.74 Å². The summed E-state index contributed by atoms with van der Waals surface area (Å²) in [7, 11) is 1.38. The number of benzene rings is 1. The van der Waals surface area contributed by atoms with Gasteiger partial charge >= 0.3 is 12.1 Å². The van der Waals surface area contributed by atoms with Gasteiger partial charge in [-0.2, -0.15) is 13.2 Å². The first kappa shape index (κ1) is 20.1. The molecule has 0 fully saturated rings. The van der Waals surface area contributed by atoms with E-state index in [9.17, 15) is 23.1 Å². The van der Waals surface area contributed by atoms with Gasteiger partial charge in [-0.3, -0.25) is 4.57 Å². The van der Waals surface area contributed by atoms with Crippen LogP contribution in [-0.2, 0) is 12.8 Å². The van der Waals surface area contributed by atoms with Crippen molar-refractivity contribution in [2.75, 3.05) is 7.11 Å². The normalized spacial score (nSPS) is 12.9. The maximum Gasteiger partial charge on any atom is 0.391 e. The number of rotatable bonds is 6. The second-order valence-corrected chi connectivity index (χ2v) is 6.17. The van der Waals surface area contributed by atoms with Crippen LogP contribution >= 0.6 is 11.6 Å². The molecule has 1 atom stereocenters. The highest BCUT2D eigenvalue weighted by atomic mass is 35.5. The van der Waals surface area contributed by atoms with Gasteiger partial charge in [-0.1, -0.05) is 31.5 Å². The number of alkyl halides is 3. The molecule has 1 unspecified atom stereocenters. The summed E-state index contributed by atoms with van der Waals surface area (Å²) in [6, 6.07) is 4.58. The predicted molar refractivity (Wildman–Crippen MR) is 90.4 cm³/mol. The molecule has 0 saturated carbocycles. The Kier molecular flexibility index (Phi) is 5.85. The molecule has 0 aliphatic rings. The van der Waals surface area contributed by atoms with Gasteiger partial charge in [0.05, 0.1) is 18.7 Å². The molecule has 0 radical (unpaired) electrons. The first-order valence-corrected chi connectivity index (χ1v) is 8.22. The van der Waals surface area contributed by atoms with E-state index in [-0.39, 0.29) is 23.0 Å². The largest absolute Gasteiger partial charge is 0.495 e. The summed E-state index contributed by atoms with van der Waals surface area (Å²) in [5, 5.41) is 9.10. The van der Waals surface area contributed by atoms with Gasteiger partial charge in [-0.05, 0) is 24.1 Å². The third-order valence-electron chi connectivity index (χ3n) is 4.00. The first-order chi connectivity index (χ1) is 12.1. The van der Waals surface area contributed by atoms with Crippen LogP contribution in [0.15, 0.2) is 18.2 Å². The SMILES string of the molecule is CCc1nc(C(=O)O)c(Cl)n1-c1ccc(CC(C)C(F)(F)F)cc1OC. The van der Waals surface area contributed by atoms with Gasteiger partial charge in [0, 0.05) is 6.42 Å². The van der Waals surface area contributed by atoms with E-state index < -0.39 is 18.1 Å². The van der Waals surface area contributed by atoms with Crippen molar-refractivity contribution < 1.29 is 27.8 Å². The average molecular weight is 391 g/mol. The Hall–Kier alpha value is -2.22. The minimum atomic E-state index is -4.29. The summed E-state index contributed by atoms with van der Waals surface area (Å²) in [5.41, 5.74) is 0.571. The summed E-state index contributed by atoms with van der Waals surface area (Å²) >= 11 is 6.17. The number of imidazole rings is 1. The van der Waals surface area contributed by atoms with E-state index in [1.54, 1.807) is 13.0 Å². The number of ether oxygens (including phenoxy) is 1. The van der Waals surface area contributed by atoms with Gasteiger partial charge in [0.2, 0.25) is 0 Å². The number of aromatic carboxylic acids is 1. The minimum Gasteiger partial charge on any atom is -0.495 e. The van der Waals surface area contributed by atoms with E-state index in [2.05, 4.69) is 4.98 Å². The standard InChI is InChI=1S/C17H18ClF3N2O3/c1-4-13-22-14(16(24)25)15(18)23(13)11-6-5-10(8-12(11)26-3)7-9(2)17(19,20)21/h5-6,8-9H,4,7H2,1-3H3,(H,24,25). The lowest BCUT2D eigenvalue weighted by Crippen LogP contribution is -2.21. The summed E-state index contributed by atoms with van der Waals surface area (Å²) in [6.07, 6.45) is -4.08. The van der Waals surface area contributed by atoms with Crippen molar-refractivity contribution in [3.63, 3.8) is 0 Å². The Balaban J connectivity index is 2.50. The van der Waals surface area contributed by atoms with Crippen molar-refractivity contribution in [2.45, 2.75) is 32.9 Å². The molecule has 26 heavy (non-hydrogen) atoms. The van der Waals surface area contributed by atoms with E-state index in [0.717, 1.165) is 6.92 Å². The van der Waals surface area contributed by atoms with Gasteiger partial charge in [-0.15, -0.1) is 0 Å². The van der Waals surface area contributed by atoms with Crippen LogP contribution in [0.3, 0.4) is 0 Å². The van der Waals surface area contributed by atoms with Crippen molar-refractivity contribution in [1.29, 1.82) is 0 Å². The number of hydrogen-bond donors (Lipinski definition) is 1. The third-order valence-corrected chi connectivity index (χ3v) is 4.34. The molecule has 1 aromatic carbocycles. The van der Waals surface area contributed by atoms with Crippen molar-refractivity contribution in [3.8, 4) is 11.4 Å². The van der Waals surface area contributed by atoms with E-state index in [1.807, 2.05) is 0 Å². The zero-order valence-electron chi connectivity index (χ0n) is 14.4. The highest BCUT2D eigenvalue weighted by Gasteiger charge is 2.35. The number of halogens is 4. The predicted octanol–water partition coefficient (Wildman–Crippen LogP) is 4.54.